The molecule has 0 bridgehead atoms. The van der Waals surface area contributed by atoms with Crippen molar-refractivity contribution in [3.63, 3.8) is 0 Å². The Kier molecular flexibility index (Phi) is 4.00. The molecule has 1 unspecified atom stereocenters. The second-order valence-electron chi connectivity index (χ2n) is 4.14. The van der Waals surface area contributed by atoms with Gasteiger partial charge in [0.05, 0.1) is 5.02 Å². The molecule has 1 N–H and O–H groups in total. The monoisotopic (exact) mass is 264 g/mol. The van der Waals surface area contributed by atoms with Crippen LogP contribution in [0.4, 0.5) is 4.39 Å². The summed E-state index contributed by atoms with van der Waals surface area (Å²) in [6.45, 7) is 2.04. The van der Waals surface area contributed by atoms with Gasteiger partial charge in [0.1, 0.15) is 11.9 Å². The van der Waals surface area contributed by atoms with Gasteiger partial charge in [0.2, 0.25) is 0 Å². The summed E-state index contributed by atoms with van der Waals surface area (Å²) in [6, 6.07) is 12.0. The molecule has 0 radical (unpaired) electrons. The molecule has 0 aromatic heterocycles. The van der Waals surface area contributed by atoms with E-state index in [0.29, 0.717) is 5.56 Å². The number of rotatable bonds is 3. The van der Waals surface area contributed by atoms with Crippen LogP contribution < -0.4 is 0 Å². The quantitative estimate of drug-likeness (QED) is 0.884. The Labute approximate surface area is 111 Å². The first-order valence-electron chi connectivity index (χ1n) is 5.84. The van der Waals surface area contributed by atoms with Crippen LogP contribution >= 0.6 is 11.6 Å². The first-order chi connectivity index (χ1) is 8.63. The molecule has 0 aliphatic rings. The molecular formula is C15H14ClFO. The zero-order chi connectivity index (χ0) is 13.1. The maximum absolute atomic E-state index is 13.4. The second kappa shape index (κ2) is 5.51. The van der Waals surface area contributed by atoms with Gasteiger partial charge in [0, 0.05) is 5.56 Å². The molecule has 2 aromatic rings. The van der Waals surface area contributed by atoms with Crippen LogP contribution in [0.2, 0.25) is 5.02 Å². The Morgan fingerprint density at radius 2 is 1.94 bits per heavy atom. The molecule has 2 rings (SSSR count). The molecule has 2 aromatic carbocycles. The SMILES string of the molecule is CCc1cccc(C(O)c2cccc(F)c2Cl)c1. The number of benzene rings is 2. The van der Waals surface area contributed by atoms with Crippen LogP contribution in [-0.4, -0.2) is 5.11 Å². The lowest BCUT2D eigenvalue weighted by molar-refractivity contribution is 0.220. The van der Waals surface area contributed by atoms with Gasteiger partial charge in [-0.2, -0.15) is 0 Å². The molecule has 0 heterocycles. The number of halogens is 2. The second-order valence-corrected chi connectivity index (χ2v) is 4.52. The molecule has 0 saturated heterocycles. The Bertz CT molecular complexity index is 554. The summed E-state index contributed by atoms with van der Waals surface area (Å²) in [7, 11) is 0. The zero-order valence-corrected chi connectivity index (χ0v) is 10.8. The Morgan fingerprint density at radius 1 is 1.22 bits per heavy atom. The molecule has 0 aliphatic heterocycles. The van der Waals surface area contributed by atoms with Gasteiger partial charge in [-0.05, 0) is 23.6 Å². The summed E-state index contributed by atoms with van der Waals surface area (Å²) >= 11 is 5.88. The van der Waals surface area contributed by atoms with Crippen LogP contribution in [0.1, 0.15) is 29.7 Å². The fourth-order valence-corrected chi connectivity index (χ4v) is 2.12. The van der Waals surface area contributed by atoms with E-state index in [1.165, 1.54) is 6.07 Å². The fourth-order valence-electron chi connectivity index (χ4n) is 1.89. The molecule has 0 aliphatic carbocycles. The lowest BCUT2D eigenvalue weighted by Crippen LogP contribution is -2.02. The third-order valence-corrected chi connectivity index (χ3v) is 3.35. The molecule has 0 saturated carbocycles. The highest BCUT2D eigenvalue weighted by Crippen LogP contribution is 2.30. The maximum atomic E-state index is 13.4. The van der Waals surface area contributed by atoms with Gasteiger partial charge in [0.15, 0.2) is 0 Å². The first kappa shape index (κ1) is 13.1. The standard InChI is InChI=1S/C15H14ClFO/c1-2-10-5-3-6-11(9-10)15(18)12-7-4-8-13(17)14(12)16/h3-9,15,18H,2H2,1H3. The number of hydrogen-bond acceptors (Lipinski definition) is 1. The molecule has 1 atom stereocenters. The van der Waals surface area contributed by atoms with Crippen LogP contribution in [0.5, 0.6) is 0 Å². The van der Waals surface area contributed by atoms with Gasteiger partial charge in [0.25, 0.3) is 0 Å². The highest BCUT2D eigenvalue weighted by molar-refractivity contribution is 6.31. The van der Waals surface area contributed by atoms with E-state index in [0.717, 1.165) is 17.5 Å². The number of aliphatic hydroxyl groups is 1. The van der Waals surface area contributed by atoms with E-state index < -0.39 is 11.9 Å². The molecule has 18 heavy (non-hydrogen) atoms. The minimum absolute atomic E-state index is 0.0214. The Hall–Kier alpha value is -1.38. The topological polar surface area (TPSA) is 20.2 Å². The first-order valence-corrected chi connectivity index (χ1v) is 6.22. The van der Waals surface area contributed by atoms with Gasteiger partial charge in [-0.15, -0.1) is 0 Å². The average Bonchev–Trinajstić information content (AvgIpc) is 2.41. The molecule has 3 heteroatoms. The lowest BCUT2D eigenvalue weighted by atomic mass is 9.99. The third-order valence-electron chi connectivity index (χ3n) is 2.95. The van der Waals surface area contributed by atoms with Crippen molar-refractivity contribution < 1.29 is 9.50 Å². The van der Waals surface area contributed by atoms with E-state index in [-0.39, 0.29) is 5.02 Å². The van der Waals surface area contributed by atoms with E-state index in [1.54, 1.807) is 12.1 Å². The minimum atomic E-state index is -0.903. The maximum Gasteiger partial charge on any atom is 0.142 e. The Morgan fingerprint density at radius 3 is 2.67 bits per heavy atom. The molecule has 1 nitrogen and oxygen atoms in total. The van der Waals surface area contributed by atoms with E-state index in [9.17, 15) is 9.50 Å². The third kappa shape index (κ3) is 2.55. The van der Waals surface area contributed by atoms with E-state index in [1.807, 2.05) is 31.2 Å². The van der Waals surface area contributed by atoms with Crippen molar-refractivity contribution in [1.29, 1.82) is 0 Å². The van der Waals surface area contributed by atoms with Crippen molar-refractivity contribution in [2.75, 3.05) is 0 Å². The summed E-state index contributed by atoms with van der Waals surface area (Å²) in [5.74, 6) is -0.514. The van der Waals surface area contributed by atoms with Gasteiger partial charge < -0.3 is 5.11 Å². The van der Waals surface area contributed by atoms with Gasteiger partial charge in [-0.3, -0.25) is 0 Å². The summed E-state index contributed by atoms with van der Waals surface area (Å²) in [5, 5.41) is 10.2. The van der Waals surface area contributed by atoms with Crippen molar-refractivity contribution in [3.05, 3.63) is 70.0 Å². The van der Waals surface area contributed by atoms with E-state index in [4.69, 9.17) is 11.6 Å². The summed E-state index contributed by atoms with van der Waals surface area (Å²) in [4.78, 5) is 0. The van der Waals surface area contributed by atoms with Gasteiger partial charge in [-0.1, -0.05) is 54.9 Å². The van der Waals surface area contributed by atoms with Crippen molar-refractivity contribution in [3.8, 4) is 0 Å². The normalized spacial score (nSPS) is 12.4. The summed E-state index contributed by atoms with van der Waals surface area (Å²) < 4.78 is 13.4. The average molecular weight is 265 g/mol. The van der Waals surface area contributed by atoms with Gasteiger partial charge in [-0.25, -0.2) is 4.39 Å². The van der Waals surface area contributed by atoms with Crippen LogP contribution in [0.15, 0.2) is 42.5 Å². The van der Waals surface area contributed by atoms with Crippen molar-refractivity contribution in [1.82, 2.24) is 0 Å². The lowest BCUT2D eigenvalue weighted by Gasteiger charge is -2.14. The Balaban J connectivity index is 2.41. The van der Waals surface area contributed by atoms with Crippen LogP contribution in [-0.2, 0) is 6.42 Å². The van der Waals surface area contributed by atoms with Crippen LogP contribution in [0, 0.1) is 5.82 Å². The smallest absolute Gasteiger partial charge is 0.142 e. The fraction of sp³-hybridized carbons (Fsp3) is 0.200. The van der Waals surface area contributed by atoms with Crippen molar-refractivity contribution in [2.24, 2.45) is 0 Å². The molecular weight excluding hydrogens is 251 g/mol. The zero-order valence-electron chi connectivity index (χ0n) is 10.0. The predicted octanol–water partition coefficient (Wildman–Crippen LogP) is 4.12. The number of aryl methyl sites for hydroxylation is 1. The molecule has 0 fully saturated rings. The van der Waals surface area contributed by atoms with Crippen molar-refractivity contribution in [2.45, 2.75) is 19.4 Å². The largest absolute Gasteiger partial charge is 0.384 e. The van der Waals surface area contributed by atoms with E-state index in [2.05, 4.69) is 0 Å². The van der Waals surface area contributed by atoms with Crippen LogP contribution in [0.3, 0.4) is 0 Å². The highest BCUT2D eigenvalue weighted by Gasteiger charge is 2.16. The minimum Gasteiger partial charge on any atom is -0.384 e. The summed E-state index contributed by atoms with van der Waals surface area (Å²) in [5.41, 5.74) is 2.24. The highest BCUT2D eigenvalue weighted by atomic mass is 35.5. The molecule has 0 spiro atoms. The predicted molar refractivity (Wildman–Crippen MR) is 71.3 cm³/mol. The number of aliphatic hydroxyl groups excluding tert-OH is 1. The number of hydrogen-bond donors (Lipinski definition) is 1. The van der Waals surface area contributed by atoms with E-state index >= 15 is 0 Å². The van der Waals surface area contributed by atoms with Crippen LogP contribution in [0.25, 0.3) is 0 Å². The molecule has 0 amide bonds. The summed E-state index contributed by atoms with van der Waals surface area (Å²) in [6.07, 6.45) is -0.0167. The molecule has 94 valence electrons. The van der Waals surface area contributed by atoms with Crippen molar-refractivity contribution >= 4 is 11.6 Å². The van der Waals surface area contributed by atoms with Gasteiger partial charge >= 0.3 is 0 Å².